The van der Waals surface area contributed by atoms with Crippen LogP contribution in [-0.2, 0) is 6.18 Å². The van der Waals surface area contributed by atoms with Crippen molar-refractivity contribution in [1.82, 2.24) is 9.38 Å². The number of hydrogen-bond acceptors (Lipinski definition) is 3. The summed E-state index contributed by atoms with van der Waals surface area (Å²) in [6.07, 6.45) is -1.43. The third-order valence-electron chi connectivity index (χ3n) is 4.99. The lowest BCUT2D eigenvalue weighted by atomic mass is 10.2. The van der Waals surface area contributed by atoms with Crippen LogP contribution in [0.1, 0.15) is 34.6 Å². The van der Waals surface area contributed by atoms with E-state index in [0.717, 1.165) is 48.3 Å². The third-order valence-corrected chi connectivity index (χ3v) is 5.27. The monoisotopic (exact) mass is 422 g/mol. The molecular weight excluding hydrogens is 405 g/mol. The summed E-state index contributed by atoms with van der Waals surface area (Å²) in [6.45, 7) is 3.58. The number of benzene rings is 1. The maximum absolute atomic E-state index is 13.2. The highest BCUT2D eigenvalue weighted by molar-refractivity contribution is 6.33. The Labute approximate surface area is 170 Å². The Morgan fingerprint density at radius 2 is 1.83 bits per heavy atom. The minimum Gasteiger partial charge on any atom is -0.372 e. The average molecular weight is 423 g/mol. The van der Waals surface area contributed by atoms with Crippen molar-refractivity contribution in [2.45, 2.75) is 25.9 Å². The van der Waals surface area contributed by atoms with Crippen LogP contribution < -0.4 is 10.2 Å². The van der Waals surface area contributed by atoms with Gasteiger partial charge in [0.05, 0.1) is 16.3 Å². The largest absolute Gasteiger partial charge is 0.417 e. The van der Waals surface area contributed by atoms with Gasteiger partial charge in [-0.3, -0.25) is 9.20 Å². The number of aryl methyl sites for hydroxylation is 1. The molecule has 9 heteroatoms. The molecule has 3 aromatic rings. The lowest BCUT2D eigenvalue weighted by Gasteiger charge is -2.17. The number of aromatic nitrogens is 2. The lowest BCUT2D eigenvalue weighted by molar-refractivity contribution is -0.137. The number of carbonyl (C=O) groups is 1. The van der Waals surface area contributed by atoms with Crippen LogP contribution in [0.2, 0.25) is 5.02 Å². The van der Waals surface area contributed by atoms with Crippen LogP contribution in [0.25, 0.3) is 5.65 Å². The van der Waals surface area contributed by atoms with Gasteiger partial charge in [0.2, 0.25) is 0 Å². The van der Waals surface area contributed by atoms with E-state index in [-0.39, 0.29) is 22.1 Å². The Bertz CT molecular complexity index is 1070. The molecule has 4 rings (SSSR count). The minimum absolute atomic E-state index is 0.0108. The van der Waals surface area contributed by atoms with Crippen molar-refractivity contribution in [2.24, 2.45) is 0 Å². The molecule has 0 saturated carbocycles. The summed E-state index contributed by atoms with van der Waals surface area (Å²) in [7, 11) is 0. The number of halogens is 4. The van der Waals surface area contributed by atoms with Gasteiger partial charge < -0.3 is 10.2 Å². The minimum atomic E-state index is -4.59. The number of rotatable bonds is 3. The molecule has 1 saturated heterocycles. The summed E-state index contributed by atoms with van der Waals surface area (Å²) >= 11 is 5.98. The molecule has 3 heterocycles. The molecule has 1 amide bonds. The quantitative estimate of drug-likeness (QED) is 0.633. The fourth-order valence-electron chi connectivity index (χ4n) is 3.57. The molecule has 1 aromatic carbocycles. The Morgan fingerprint density at radius 1 is 1.17 bits per heavy atom. The van der Waals surface area contributed by atoms with E-state index in [0.29, 0.717) is 5.69 Å². The lowest BCUT2D eigenvalue weighted by Crippen LogP contribution is -2.18. The Kier molecular flexibility index (Phi) is 4.90. The Morgan fingerprint density at radius 3 is 2.45 bits per heavy atom. The van der Waals surface area contributed by atoms with E-state index >= 15 is 0 Å². The first-order chi connectivity index (χ1) is 13.7. The van der Waals surface area contributed by atoms with Crippen molar-refractivity contribution in [2.75, 3.05) is 23.3 Å². The van der Waals surface area contributed by atoms with Crippen molar-refractivity contribution >= 4 is 34.5 Å². The number of fused-ring (bicyclic) bond motifs is 1. The van der Waals surface area contributed by atoms with Crippen molar-refractivity contribution in [3.8, 4) is 0 Å². The van der Waals surface area contributed by atoms with Crippen LogP contribution in [0.4, 0.5) is 24.5 Å². The molecule has 0 bridgehead atoms. The molecule has 1 aliphatic heterocycles. The first kappa shape index (κ1) is 19.6. The first-order valence-electron chi connectivity index (χ1n) is 9.16. The standard InChI is InChI=1S/C20H18ClF3N4O/c1-12-17(28-11-13(20(22,23)24)10-16(21)18(28)25-12)19(29)26-14-4-6-15(7-5-14)27-8-2-3-9-27/h4-7,10-11H,2-3,8-9H2,1H3,(H,26,29). The maximum Gasteiger partial charge on any atom is 0.417 e. The summed E-state index contributed by atoms with van der Waals surface area (Å²) in [5.41, 5.74) is 1.08. The molecule has 1 N–H and O–H groups in total. The van der Waals surface area contributed by atoms with Crippen molar-refractivity contribution in [3.05, 3.63) is 58.5 Å². The number of alkyl halides is 3. The van der Waals surface area contributed by atoms with Gasteiger partial charge in [0.25, 0.3) is 5.91 Å². The fourth-order valence-corrected chi connectivity index (χ4v) is 3.82. The summed E-state index contributed by atoms with van der Waals surface area (Å²) in [5.74, 6) is -0.556. The van der Waals surface area contributed by atoms with Crippen LogP contribution in [0, 0.1) is 6.92 Å². The Balaban J connectivity index is 1.64. The van der Waals surface area contributed by atoms with E-state index in [1.807, 2.05) is 12.1 Å². The van der Waals surface area contributed by atoms with E-state index in [4.69, 9.17) is 11.6 Å². The highest BCUT2D eigenvalue weighted by atomic mass is 35.5. The molecule has 0 spiro atoms. The molecule has 152 valence electrons. The van der Waals surface area contributed by atoms with Crippen LogP contribution >= 0.6 is 11.6 Å². The predicted molar refractivity (Wildman–Crippen MR) is 106 cm³/mol. The van der Waals surface area contributed by atoms with Gasteiger partial charge in [0.1, 0.15) is 5.69 Å². The number of pyridine rings is 1. The van der Waals surface area contributed by atoms with Gasteiger partial charge in [-0.25, -0.2) is 4.98 Å². The van der Waals surface area contributed by atoms with Gasteiger partial charge in [0, 0.05) is 30.7 Å². The van der Waals surface area contributed by atoms with E-state index in [1.54, 1.807) is 19.1 Å². The number of anilines is 2. The van der Waals surface area contributed by atoms with Gasteiger partial charge in [-0.2, -0.15) is 13.2 Å². The molecule has 0 radical (unpaired) electrons. The zero-order chi connectivity index (χ0) is 20.8. The van der Waals surface area contributed by atoms with Crippen LogP contribution in [0.5, 0.6) is 0 Å². The van der Waals surface area contributed by atoms with Crippen LogP contribution in [0.3, 0.4) is 0 Å². The number of nitrogens with one attached hydrogen (secondary N) is 1. The Hall–Kier alpha value is -2.74. The van der Waals surface area contributed by atoms with E-state index in [2.05, 4.69) is 15.2 Å². The van der Waals surface area contributed by atoms with Gasteiger partial charge in [-0.1, -0.05) is 11.6 Å². The van der Waals surface area contributed by atoms with Gasteiger partial charge in [0.15, 0.2) is 5.65 Å². The molecule has 2 aromatic heterocycles. The number of carbonyl (C=O) groups excluding carboxylic acids is 1. The molecule has 5 nitrogen and oxygen atoms in total. The molecule has 0 aliphatic carbocycles. The summed E-state index contributed by atoms with van der Waals surface area (Å²) < 4.78 is 40.5. The summed E-state index contributed by atoms with van der Waals surface area (Å²) in [6, 6.07) is 8.19. The second kappa shape index (κ2) is 7.26. The molecule has 29 heavy (non-hydrogen) atoms. The van der Waals surface area contributed by atoms with Crippen molar-refractivity contribution in [1.29, 1.82) is 0 Å². The van der Waals surface area contributed by atoms with Crippen LogP contribution in [0.15, 0.2) is 36.5 Å². The highest BCUT2D eigenvalue weighted by Crippen LogP contribution is 2.33. The summed E-state index contributed by atoms with van der Waals surface area (Å²) in [5, 5.41) is 2.56. The third kappa shape index (κ3) is 3.76. The number of nitrogens with zero attached hydrogens (tertiary/aromatic N) is 3. The predicted octanol–water partition coefficient (Wildman–Crippen LogP) is 5.17. The smallest absolute Gasteiger partial charge is 0.372 e. The topological polar surface area (TPSA) is 49.6 Å². The number of amides is 1. The second-order valence-electron chi connectivity index (χ2n) is 7.01. The fraction of sp³-hybridized carbons (Fsp3) is 0.300. The molecular formula is C20H18ClF3N4O. The van der Waals surface area contributed by atoms with Crippen molar-refractivity contribution in [3.63, 3.8) is 0 Å². The van der Waals surface area contributed by atoms with Gasteiger partial charge >= 0.3 is 6.18 Å². The SMILES string of the molecule is Cc1nc2c(Cl)cc(C(F)(F)F)cn2c1C(=O)Nc1ccc(N2CCCC2)cc1. The number of hydrogen-bond donors (Lipinski definition) is 1. The van der Waals surface area contributed by atoms with Crippen LogP contribution in [-0.4, -0.2) is 28.4 Å². The van der Waals surface area contributed by atoms with E-state index in [1.165, 1.54) is 0 Å². The molecule has 1 fully saturated rings. The van der Waals surface area contributed by atoms with Crippen molar-refractivity contribution < 1.29 is 18.0 Å². The zero-order valence-corrected chi connectivity index (χ0v) is 16.3. The van der Waals surface area contributed by atoms with E-state index < -0.39 is 17.6 Å². The molecule has 0 unspecified atom stereocenters. The second-order valence-corrected chi connectivity index (χ2v) is 7.42. The normalized spacial score (nSPS) is 14.6. The van der Waals surface area contributed by atoms with Gasteiger partial charge in [-0.15, -0.1) is 0 Å². The average Bonchev–Trinajstić information content (AvgIpc) is 3.29. The zero-order valence-electron chi connectivity index (χ0n) is 15.6. The molecule has 1 aliphatic rings. The van der Waals surface area contributed by atoms with Gasteiger partial charge in [-0.05, 0) is 50.1 Å². The highest BCUT2D eigenvalue weighted by Gasteiger charge is 2.33. The summed E-state index contributed by atoms with van der Waals surface area (Å²) in [4.78, 5) is 19.2. The first-order valence-corrected chi connectivity index (χ1v) is 9.53. The maximum atomic E-state index is 13.2. The molecule has 0 atom stereocenters. The number of imidazole rings is 1. The van der Waals surface area contributed by atoms with E-state index in [9.17, 15) is 18.0 Å².